The van der Waals surface area contributed by atoms with Crippen molar-refractivity contribution in [3.8, 4) is 0 Å². The van der Waals surface area contributed by atoms with Gasteiger partial charge in [-0.05, 0) is 30.3 Å². The van der Waals surface area contributed by atoms with Crippen LogP contribution in [0.5, 0.6) is 0 Å². The van der Waals surface area contributed by atoms with Gasteiger partial charge in [0, 0.05) is 33.1 Å². The number of aromatic nitrogens is 1. The molecule has 0 unspecified atom stereocenters. The van der Waals surface area contributed by atoms with Gasteiger partial charge in [0.15, 0.2) is 7.14 Å². The number of nitrogens with zero attached hydrogens (tertiary/aromatic N) is 1. The van der Waals surface area contributed by atoms with Crippen molar-refractivity contribution < 1.29 is 9.36 Å². The lowest BCUT2D eigenvalue weighted by Gasteiger charge is -2.22. The maximum atomic E-state index is 14.9. The number of fused-ring (bicyclic) bond motifs is 1. The van der Waals surface area contributed by atoms with Crippen molar-refractivity contribution in [1.82, 2.24) is 4.98 Å². The summed E-state index contributed by atoms with van der Waals surface area (Å²) in [5.41, 5.74) is 1.74. The van der Waals surface area contributed by atoms with Crippen LogP contribution in [0.25, 0.3) is 10.9 Å². The Labute approximate surface area is 192 Å². The van der Waals surface area contributed by atoms with Crippen LogP contribution in [-0.2, 0) is 4.57 Å². The molecule has 4 aromatic carbocycles. The standard InChI is InChI=1S/C28H21N2O2P/c31-28(21-11-4-1-5-12-21)30-25-18-19-26(24-17-10-20-29-27(24)25)33(32,22-13-6-2-7-14-22)23-15-8-3-9-16-23/h1-20H,(H,30,31). The number of hydrogen-bond donors (Lipinski definition) is 1. The summed E-state index contributed by atoms with van der Waals surface area (Å²) in [6.45, 7) is 0. The minimum Gasteiger partial charge on any atom is -0.320 e. The van der Waals surface area contributed by atoms with Crippen LogP contribution in [0.3, 0.4) is 0 Å². The van der Waals surface area contributed by atoms with Crippen LogP contribution in [-0.4, -0.2) is 10.9 Å². The highest BCUT2D eigenvalue weighted by Crippen LogP contribution is 2.44. The van der Waals surface area contributed by atoms with Crippen LogP contribution in [0, 0.1) is 0 Å². The Morgan fingerprint density at radius 2 is 1.24 bits per heavy atom. The molecule has 0 radical (unpaired) electrons. The molecule has 4 nitrogen and oxygen atoms in total. The zero-order valence-electron chi connectivity index (χ0n) is 17.8. The van der Waals surface area contributed by atoms with E-state index in [0.29, 0.717) is 22.1 Å². The van der Waals surface area contributed by atoms with Gasteiger partial charge in [-0.1, -0.05) is 84.9 Å². The highest BCUT2D eigenvalue weighted by Gasteiger charge is 2.31. The van der Waals surface area contributed by atoms with E-state index in [2.05, 4.69) is 10.3 Å². The minimum absolute atomic E-state index is 0.218. The molecule has 0 aliphatic rings. The molecule has 0 saturated carbocycles. The molecule has 5 aromatic rings. The van der Waals surface area contributed by atoms with Crippen molar-refractivity contribution in [1.29, 1.82) is 0 Å². The lowest BCUT2D eigenvalue weighted by Crippen LogP contribution is -2.26. The predicted octanol–water partition coefficient (Wildman–Crippen LogP) is 5.13. The molecular formula is C28H21N2O2P. The molecule has 1 heterocycles. The van der Waals surface area contributed by atoms with Crippen molar-refractivity contribution in [3.05, 3.63) is 127 Å². The van der Waals surface area contributed by atoms with E-state index in [1.54, 1.807) is 24.4 Å². The summed E-state index contributed by atoms with van der Waals surface area (Å²) < 4.78 is 14.9. The first-order chi connectivity index (χ1) is 16.2. The Morgan fingerprint density at radius 1 is 0.667 bits per heavy atom. The number of amides is 1. The van der Waals surface area contributed by atoms with Gasteiger partial charge in [-0.15, -0.1) is 0 Å². The van der Waals surface area contributed by atoms with Gasteiger partial charge in [-0.25, -0.2) is 0 Å². The third-order valence-corrected chi connectivity index (χ3v) is 8.73. The summed E-state index contributed by atoms with van der Waals surface area (Å²) in [7, 11) is -3.19. The van der Waals surface area contributed by atoms with Crippen molar-refractivity contribution in [2.24, 2.45) is 0 Å². The van der Waals surface area contributed by atoms with Crippen LogP contribution in [0.1, 0.15) is 10.4 Å². The summed E-state index contributed by atoms with van der Waals surface area (Å²) in [4.78, 5) is 17.3. The first-order valence-electron chi connectivity index (χ1n) is 10.6. The van der Waals surface area contributed by atoms with E-state index in [-0.39, 0.29) is 5.91 Å². The number of benzene rings is 4. The van der Waals surface area contributed by atoms with E-state index in [1.807, 2.05) is 97.1 Å². The number of nitrogens with one attached hydrogen (secondary N) is 1. The normalized spacial score (nSPS) is 11.3. The van der Waals surface area contributed by atoms with Crippen molar-refractivity contribution >= 4 is 45.6 Å². The van der Waals surface area contributed by atoms with E-state index in [1.165, 1.54) is 0 Å². The number of rotatable bonds is 5. The average molecular weight is 448 g/mol. The highest BCUT2D eigenvalue weighted by molar-refractivity contribution is 7.85. The van der Waals surface area contributed by atoms with Gasteiger partial charge >= 0.3 is 0 Å². The van der Waals surface area contributed by atoms with Crippen LogP contribution in [0.4, 0.5) is 5.69 Å². The van der Waals surface area contributed by atoms with Gasteiger partial charge in [0.05, 0.1) is 11.2 Å². The van der Waals surface area contributed by atoms with Gasteiger partial charge < -0.3 is 9.88 Å². The summed E-state index contributed by atoms with van der Waals surface area (Å²) in [6, 6.07) is 35.5. The van der Waals surface area contributed by atoms with E-state index >= 15 is 0 Å². The highest BCUT2D eigenvalue weighted by atomic mass is 31.2. The smallest absolute Gasteiger partial charge is 0.255 e. The number of carbonyl (C=O) groups excluding carboxylic acids is 1. The first-order valence-corrected chi connectivity index (χ1v) is 12.3. The molecule has 1 aromatic heterocycles. The fourth-order valence-corrected chi connectivity index (χ4v) is 6.86. The predicted molar refractivity (Wildman–Crippen MR) is 136 cm³/mol. The monoisotopic (exact) mass is 448 g/mol. The molecule has 1 amide bonds. The van der Waals surface area contributed by atoms with Crippen LogP contribution >= 0.6 is 7.14 Å². The Balaban J connectivity index is 1.69. The van der Waals surface area contributed by atoms with Crippen molar-refractivity contribution in [2.45, 2.75) is 0 Å². The Kier molecular flexibility index (Phi) is 5.60. The molecule has 1 N–H and O–H groups in total. The molecule has 0 bridgehead atoms. The molecular weight excluding hydrogens is 427 g/mol. The third-order valence-electron chi connectivity index (χ3n) is 5.61. The number of carbonyl (C=O) groups is 1. The van der Waals surface area contributed by atoms with Crippen LogP contribution in [0.15, 0.2) is 121 Å². The van der Waals surface area contributed by atoms with Crippen LogP contribution < -0.4 is 21.2 Å². The zero-order valence-corrected chi connectivity index (χ0v) is 18.7. The van der Waals surface area contributed by atoms with E-state index in [0.717, 1.165) is 16.0 Å². The molecule has 33 heavy (non-hydrogen) atoms. The number of anilines is 1. The summed E-state index contributed by atoms with van der Waals surface area (Å²) in [6.07, 6.45) is 1.68. The average Bonchev–Trinajstić information content (AvgIpc) is 2.90. The van der Waals surface area contributed by atoms with Gasteiger partial charge in [0.1, 0.15) is 0 Å². The maximum Gasteiger partial charge on any atom is 0.255 e. The molecule has 0 spiro atoms. The molecule has 0 saturated heterocycles. The SMILES string of the molecule is O=C(Nc1ccc(P(=O)(c2ccccc2)c2ccccc2)c2cccnc12)c1ccccc1. The van der Waals surface area contributed by atoms with E-state index < -0.39 is 7.14 Å². The summed E-state index contributed by atoms with van der Waals surface area (Å²) in [5, 5.41) is 5.92. The largest absolute Gasteiger partial charge is 0.320 e. The molecule has 0 atom stereocenters. The summed E-state index contributed by atoms with van der Waals surface area (Å²) in [5.74, 6) is -0.218. The quantitative estimate of drug-likeness (QED) is 0.380. The minimum atomic E-state index is -3.19. The maximum absolute atomic E-state index is 14.9. The molecule has 0 fully saturated rings. The zero-order chi connectivity index (χ0) is 22.7. The number of pyridine rings is 1. The lowest BCUT2D eigenvalue weighted by molar-refractivity contribution is 0.102. The van der Waals surface area contributed by atoms with Crippen LogP contribution in [0.2, 0.25) is 0 Å². The van der Waals surface area contributed by atoms with Gasteiger partial charge in [0.25, 0.3) is 5.91 Å². The van der Waals surface area contributed by atoms with Crippen molar-refractivity contribution in [3.63, 3.8) is 0 Å². The number of hydrogen-bond acceptors (Lipinski definition) is 3. The third kappa shape index (κ3) is 3.86. The fourth-order valence-electron chi connectivity index (χ4n) is 4.02. The second-order valence-corrected chi connectivity index (χ2v) is 10.4. The molecule has 0 aliphatic heterocycles. The Hall–Kier alpha value is -4.01. The molecule has 5 rings (SSSR count). The van der Waals surface area contributed by atoms with Gasteiger partial charge in [0.2, 0.25) is 0 Å². The second-order valence-electron chi connectivity index (χ2n) is 7.63. The molecule has 160 valence electrons. The first kappa shape index (κ1) is 20.9. The Morgan fingerprint density at radius 3 is 1.85 bits per heavy atom. The molecule has 5 heteroatoms. The summed E-state index contributed by atoms with van der Waals surface area (Å²) >= 11 is 0. The van der Waals surface area contributed by atoms with Gasteiger partial charge in [-0.2, -0.15) is 0 Å². The topological polar surface area (TPSA) is 59.1 Å². The van der Waals surface area contributed by atoms with Crippen molar-refractivity contribution in [2.75, 3.05) is 5.32 Å². The molecule has 0 aliphatic carbocycles. The lowest BCUT2D eigenvalue weighted by atomic mass is 10.1. The Bertz CT molecular complexity index is 1430. The second kappa shape index (κ2) is 8.85. The van der Waals surface area contributed by atoms with E-state index in [9.17, 15) is 9.36 Å². The fraction of sp³-hybridized carbons (Fsp3) is 0. The van der Waals surface area contributed by atoms with E-state index in [4.69, 9.17) is 0 Å². The van der Waals surface area contributed by atoms with Gasteiger partial charge in [-0.3, -0.25) is 9.78 Å².